The molecule has 0 bridgehead atoms. The lowest BCUT2D eigenvalue weighted by Gasteiger charge is -2.24. The number of piperidine rings is 2. The molecule has 0 amide bonds. The van der Waals surface area contributed by atoms with E-state index in [1.54, 1.807) is 0 Å². The van der Waals surface area contributed by atoms with E-state index < -0.39 is 0 Å². The lowest BCUT2D eigenvalue weighted by atomic mass is 9.94. The summed E-state index contributed by atoms with van der Waals surface area (Å²) in [5.41, 5.74) is 0. The molecule has 4 heterocycles. The molecular formula is C14H28N4. The van der Waals surface area contributed by atoms with E-state index in [2.05, 4.69) is 21.3 Å². The van der Waals surface area contributed by atoms with Gasteiger partial charge in [0.25, 0.3) is 0 Å². The monoisotopic (exact) mass is 252 g/mol. The zero-order valence-electron chi connectivity index (χ0n) is 11.4. The van der Waals surface area contributed by atoms with Crippen LogP contribution in [0, 0.1) is 11.8 Å². The van der Waals surface area contributed by atoms with Gasteiger partial charge in [0.05, 0.1) is 0 Å². The Labute approximate surface area is 111 Å². The molecule has 0 aromatic heterocycles. The molecule has 0 unspecified atom stereocenters. The van der Waals surface area contributed by atoms with Crippen molar-refractivity contribution in [3.05, 3.63) is 0 Å². The van der Waals surface area contributed by atoms with Crippen LogP contribution in [0.2, 0.25) is 0 Å². The second-order valence-electron chi connectivity index (χ2n) is 6.24. The van der Waals surface area contributed by atoms with E-state index in [1.165, 1.54) is 65.0 Å². The minimum atomic E-state index is 0.804. The van der Waals surface area contributed by atoms with Gasteiger partial charge in [0.1, 0.15) is 0 Å². The molecule has 0 saturated carbocycles. The fourth-order valence-electron chi connectivity index (χ4n) is 3.85. The second-order valence-corrected chi connectivity index (χ2v) is 6.24. The van der Waals surface area contributed by atoms with Crippen LogP contribution < -0.4 is 21.3 Å². The molecule has 0 aromatic rings. The first-order chi connectivity index (χ1) is 8.93. The van der Waals surface area contributed by atoms with Crippen molar-refractivity contribution in [3.63, 3.8) is 0 Å². The number of hydrogen-bond acceptors (Lipinski definition) is 4. The summed E-state index contributed by atoms with van der Waals surface area (Å²) in [5, 5.41) is 13.8. The van der Waals surface area contributed by atoms with E-state index in [0.717, 1.165) is 23.9 Å². The van der Waals surface area contributed by atoms with E-state index in [9.17, 15) is 0 Å². The Bertz CT molecular complexity index is 208. The third-order valence-corrected chi connectivity index (χ3v) is 5.00. The van der Waals surface area contributed by atoms with Crippen molar-refractivity contribution in [1.82, 2.24) is 21.3 Å². The summed E-state index contributed by atoms with van der Waals surface area (Å²) in [4.78, 5) is 0. The van der Waals surface area contributed by atoms with Gasteiger partial charge < -0.3 is 21.3 Å². The van der Waals surface area contributed by atoms with Crippen molar-refractivity contribution in [2.24, 2.45) is 11.8 Å². The van der Waals surface area contributed by atoms with Gasteiger partial charge in [-0.2, -0.15) is 0 Å². The van der Waals surface area contributed by atoms with Crippen LogP contribution in [0.4, 0.5) is 0 Å². The second kappa shape index (κ2) is 6.33. The SMILES string of the molecule is C1CN[C@@H]2CNC[C@@H]2C1.C1CN[C@H]2CNC[C@H]2C1. The third kappa shape index (κ3) is 3.05. The molecule has 4 atom stereocenters. The van der Waals surface area contributed by atoms with Crippen molar-refractivity contribution in [3.8, 4) is 0 Å². The topological polar surface area (TPSA) is 48.1 Å². The predicted molar refractivity (Wildman–Crippen MR) is 74.8 cm³/mol. The first kappa shape index (κ1) is 12.9. The van der Waals surface area contributed by atoms with E-state index in [1.807, 2.05) is 0 Å². The molecule has 18 heavy (non-hydrogen) atoms. The zero-order valence-corrected chi connectivity index (χ0v) is 11.4. The Morgan fingerprint density at radius 1 is 0.611 bits per heavy atom. The average Bonchev–Trinajstić information content (AvgIpc) is 3.08. The van der Waals surface area contributed by atoms with Gasteiger partial charge >= 0.3 is 0 Å². The van der Waals surface area contributed by atoms with Crippen LogP contribution in [0.1, 0.15) is 25.7 Å². The molecule has 0 radical (unpaired) electrons. The lowest BCUT2D eigenvalue weighted by Crippen LogP contribution is -2.40. The maximum absolute atomic E-state index is 3.52. The van der Waals surface area contributed by atoms with Crippen molar-refractivity contribution in [2.75, 3.05) is 39.3 Å². The Morgan fingerprint density at radius 3 is 1.56 bits per heavy atom. The van der Waals surface area contributed by atoms with Crippen LogP contribution in [0.25, 0.3) is 0 Å². The highest BCUT2D eigenvalue weighted by Gasteiger charge is 2.29. The fraction of sp³-hybridized carbons (Fsp3) is 1.00. The van der Waals surface area contributed by atoms with Crippen molar-refractivity contribution in [1.29, 1.82) is 0 Å². The van der Waals surface area contributed by atoms with Gasteiger partial charge in [-0.15, -0.1) is 0 Å². The minimum absolute atomic E-state index is 0.804. The molecule has 4 N–H and O–H groups in total. The highest BCUT2D eigenvalue weighted by Crippen LogP contribution is 2.19. The number of rotatable bonds is 0. The van der Waals surface area contributed by atoms with Crippen LogP contribution in [0.5, 0.6) is 0 Å². The van der Waals surface area contributed by atoms with E-state index >= 15 is 0 Å². The molecule has 4 aliphatic rings. The van der Waals surface area contributed by atoms with Crippen molar-refractivity contribution >= 4 is 0 Å². The van der Waals surface area contributed by atoms with Gasteiger partial charge in [0.2, 0.25) is 0 Å². The summed E-state index contributed by atoms with van der Waals surface area (Å²) >= 11 is 0. The molecule has 4 saturated heterocycles. The quantitative estimate of drug-likeness (QED) is 0.487. The van der Waals surface area contributed by atoms with Crippen LogP contribution in [-0.4, -0.2) is 51.4 Å². The summed E-state index contributed by atoms with van der Waals surface area (Å²) in [6.07, 6.45) is 5.63. The smallest absolute Gasteiger partial charge is 0.0232 e. The molecule has 0 aromatic carbocycles. The normalized spacial score (nSPS) is 42.7. The maximum Gasteiger partial charge on any atom is 0.0232 e. The van der Waals surface area contributed by atoms with Gasteiger partial charge in [0.15, 0.2) is 0 Å². The number of hydrogen-bond donors (Lipinski definition) is 4. The lowest BCUT2D eigenvalue weighted by molar-refractivity contribution is 0.339. The van der Waals surface area contributed by atoms with Gasteiger partial charge in [-0.25, -0.2) is 0 Å². The summed E-state index contributed by atoms with van der Waals surface area (Å²) < 4.78 is 0. The standard InChI is InChI=1S/2C7H14N2/c2*1-2-6-4-8-5-7(6)9-3-1/h2*6-9H,1-5H2/t2*6-,7+/m10/s1. The molecule has 0 spiro atoms. The Hall–Kier alpha value is -0.160. The Balaban J connectivity index is 0.000000111. The molecule has 4 heteroatoms. The van der Waals surface area contributed by atoms with E-state index in [4.69, 9.17) is 0 Å². The molecule has 4 nitrogen and oxygen atoms in total. The highest BCUT2D eigenvalue weighted by molar-refractivity contribution is 4.90. The maximum atomic E-state index is 3.52. The number of fused-ring (bicyclic) bond motifs is 2. The third-order valence-electron chi connectivity index (χ3n) is 5.00. The number of nitrogens with one attached hydrogen (secondary N) is 4. The summed E-state index contributed by atoms with van der Waals surface area (Å²) in [5.74, 6) is 1.89. The Kier molecular flexibility index (Phi) is 4.52. The molecule has 4 fully saturated rings. The average molecular weight is 252 g/mol. The van der Waals surface area contributed by atoms with Crippen LogP contribution >= 0.6 is 0 Å². The van der Waals surface area contributed by atoms with Crippen molar-refractivity contribution < 1.29 is 0 Å². The molecule has 4 aliphatic heterocycles. The van der Waals surface area contributed by atoms with Crippen LogP contribution in [0.3, 0.4) is 0 Å². The summed E-state index contributed by atoms with van der Waals surface area (Å²) in [6.45, 7) is 7.37. The van der Waals surface area contributed by atoms with Crippen LogP contribution in [-0.2, 0) is 0 Å². The van der Waals surface area contributed by atoms with Crippen molar-refractivity contribution in [2.45, 2.75) is 37.8 Å². The van der Waals surface area contributed by atoms with E-state index in [0.29, 0.717) is 0 Å². The summed E-state index contributed by atoms with van der Waals surface area (Å²) in [6, 6.07) is 1.61. The largest absolute Gasteiger partial charge is 0.315 e. The van der Waals surface area contributed by atoms with Gasteiger partial charge in [0, 0.05) is 25.2 Å². The highest BCUT2D eigenvalue weighted by atomic mass is 15.1. The molecule has 0 aliphatic carbocycles. The van der Waals surface area contributed by atoms with Gasteiger partial charge in [-0.1, -0.05) is 0 Å². The summed E-state index contributed by atoms with van der Waals surface area (Å²) in [7, 11) is 0. The predicted octanol–water partition coefficient (Wildman–Crippen LogP) is -0.0844. The minimum Gasteiger partial charge on any atom is -0.315 e. The van der Waals surface area contributed by atoms with Crippen LogP contribution in [0.15, 0.2) is 0 Å². The molecule has 104 valence electrons. The fourth-order valence-corrected chi connectivity index (χ4v) is 3.85. The molecular weight excluding hydrogens is 224 g/mol. The van der Waals surface area contributed by atoms with E-state index in [-0.39, 0.29) is 0 Å². The first-order valence-electron chi connectivity index (χ1n) is 7.81. The van der Waals surface area contributed by atoms with Gasteiger partial charge in [-0.05, 0) is 63.7 Å². The van der Waals surface area contributed by atoms with Gasteiger partial charge in [-0.3, -0.25) is 0 Å². The zero-order chi connectivity index (χ0) is 12.2. The molecule has 4 rings (SSSR count). The first-order valence-corrected chi connectivity index (χ1v) is 7.81. The Morgan fingerprint density at radius 2 is 1.11 bits per heavy atom.